The monoisotopic (exact) mass is 406 g/mol. The van der Waals surface area contributed by atoms with Crippen molar-refractivity contribution >= 4 is 17.5 Å². The van der Waals surface area contributed by atoms with Gasteiger partial charge in [0, 0.05) is 44.6 Å². The zero-order chi connectivity index (χ0) is 21.1. The summed E-state index contributed by atoms with van der Waals surface area (Å²) >= 11 is 0. The van der Waals surface area contributed by atoms with Crippen molar-refractivity contribution < 1.29 is 4.39 Å². The normalized spacial score (nSPS) is 14.8. The Morgan fingerprint density at radius 1 is 1.30 bits per heavy atom. The molecule has 1 aliphatic rings. The molecule has 0 saturated carbocycles. The molecule has 0 spiro atoms. The molecule has 30 heavy (non-hydrogen) atoms. The molecule has 8 nitrogen and oxygen atoms in total. The SMILES string of the molecule is Cc1cnc(Nc2cnn(C)c2)nc1N1CC(CC#N)(NCc2cccc(F)c2)C1. The van der Waals surface area contributed by atoms with Crippen LogP contribution in [0.15, 0.2) is 42.9 Å². The fourth-order valence-electron chi connectivity index (χ4n) is 3.64. The van der Waals surface area contributed by atoms with E-state index in [0.29, 0.717) is 32.0 Å². The number of nitrogens with one attached hydrogen (secondary N) is 2. The molecule has 0 bridgehead atoms. The van der Waals surface area contributed by atoms with E-state index in [9.17, 15) is 9.65 Å². The molecule has 2 aromatic heterocycles. The van der Waals surface area contributed by atoms with Gasteiger partial charge in [-0.3, -0.25) is 4.68 Å². The lowest BCUT2D eigenvalue weighted by atomic mass is 9.86. The maximum absolute atomic E-state index is 13.4. The Hall–Kier alpha value is -3.51. The summed E-state index contributed by atoms with van der Waals surface area (Å²) in [6.45, 7) is 3.75. The van der Waals surface area contributed by atoms with E-state index in [0.717, 1.165) is 22.6 Å². The third-order valence-electron chi connectivity index (χ3n) is 5.17. The number of anilines is 3. The first kappa shape index (κ1) is 19.8. The third-order valence-corrected chi connectivity index (χ3v) is 5.17. The summed E-state index contributed by atoms with van der Waals surface area (Å²) in [5, 5.41) is 20.1. The van der Waals surface area contributed by atoms with Crippen molar-refractivity contribution in [1.82, 2.24) is 25.1 Å². The quantitative estimate of drug-likeness (QED) is 0.623. The Kier molecular flexibility index (Phi) is 5.33. The van der Waals surface area contributed by atoms with Gasteiger partial charge in [-0.2, -0.15) is 15.3 Å². The molecule has 3 aromatic rings. The third kappa shape index (κ3) is 4.23. The average molecular weight is 406 g/mol. The van der Waals surface area contributed by atoms with Crippen LogP contribution < -0.4 is 15.5 Å². The van der Waals surface area contributed by atoms with Gasteiger partial charge < -0.3 is 15.5 Å². The van der Waals surface area contributed by atoms with E-state index in [-0.39, 0.29) is 11.4 Å². The van der Waals surface area contributed by atoms with Crippen molar-refractivity contribution in [2.45, 2.75) is 25.4 Å². The van der Waals surface area contributed by atoms with Gasteiger partial charge in [0.15, 0.2) is 0 Å². The lowest BCUT2D eigenvalue weighted by Gasteiger charge is -2.50. The number of benzene rings is 1. The minimum Gasteiger partial charge on any atom is -0.352 e. The van der Waals surface area contributed by atoms with E-state index in [1.807, 2.05) is 26.2 Å². The molecule has 1 fully saturated rings. The Morgan fingerprint density at radius 2 is 2.13 bits per heavy atom. The van der Waals surface area contributed by atoms with Crippen molar-refractivity contribution in [2.24, 2.45) is 7.05 Å². The molecule has 154 valence electrons. The van der Waals surface area contributed by atoms with Crippen LogP contribution in [-0.2, 0) is 13.6 Å². The second-order valence-corrected chi connectivity index (χ2v) is 7.68. The van der Waals surface area contributed by atoms with E-state index in [1.165, 1.54) is 12.1 Å². The molecule has 4 rings (SSSR count). The molecule has 0 aliphatic carbocycles. The van der Waals surface area contributed by atoms with Gasteiger partial charge in [-0.15, -0.1) is 0 Å². The fraction of sp³-hybridized carbons (Fsp3) is 0.333. The number of halogens is 1. The number of nitrogens with zero attached hydrogens (tertiary/aromatic N) is 6. The van der Waals surface area contributed by atoms with Crippen molar-refractivity contribution in [3.8, 4) is 6.07 Å². The summed E-state index contributed by atoms with van der Waals surface area (Å²) in [7, 11) is 1.85. The molecule has 1 aliphatic heterocycles. The number of hydrogen-bond acceptors (Lipinski definition) is 7. The summed E-state index contributed by atoms with van der Waals surface area (Å²) in [5.74, 6) is 1.07. The summed E-state index contributed by atoms with van der Waals surface area (Å²) in [4.78, 5) is 11.1. The maximum atomic E-state index is 13.4. The Labute approximate surface area is 174 Å². The minimum atomic E-state index is -0.352. The fourth-order valence-corrected chi connectivity index (χ4v) is 3.64. The first-order valence-corrected chi connectivity index (χ1v) is 9.67. The molecular weight excluding hydrogens is 383 g/mol. The summed E-state index contributed by atoms with van der Waals surface area (Å²) < 4.78 is 15.1. The molecule has 9 heteroatoms. The highest BCUT2D eigenvalue weighted by Gasteiger charge is 2.43. The van der Waals surface area contributed by atoms with Crippen LogP contribution in [0.3, 0.4) is 0 Å². The lowest BCUT2D eigenvalue weighted by molar-refractivity contribution is 0.256. The summed E-state index contributed by atoms with van der Waals surface area (Å²) in [5.41, 5.74) is 2.27. The number of aryl methyl sites for hydroxylation is 2. The molecule has 0 amide bonds. The largest absolute Gasteiger partial charge is 0.352 e. The Bertz CT molecular complexity index is 1080. The molecular formula is C21H23FN8. The van der Waals surface area contributed by atoms with Crippen LogP contribution in [0.1, 0.15) is 17.5 Å². The van der Waals surface area contributed by atoms with Gasteiger partial charge >= 0.3 is 0 Å². The number of rotatable bonds is 7. The van der Waals surface area contributed by atoms with E-state index in [1.54, 1.807) is 23.1 Å². The molecule has 2 N–H and O–H groups in total. The maximum Gasteiger partial charge on any atom is 0.229 e. The smallest absolute Gasteiger partial charge is 0.229 e. The van der Waals surface area contributed by atoms with Gasteiger partial charge in [0.1, 0.15) is 11.6 Å². The van der Waals surface area contributed by atoms with Gasteiger partial charge in [0.25, 0.3) is 0 Å². The average Bonchev–Trinajstić information content (AvgIpc) is 3.10. The Balaban J connectivity index is 1.45. The standard InChI is InChI=1S/C21H23FN8/c1-15-9-24-20(27-18-11-26-29(2)12-18)28-19(15)30-13-21(14-30,6-7-23)25-10-16-4-3-5-17(22)8-16/h3-5,8-9,11-12,25H,6,10,13-14H2,1-2H3,(H,24,27,28). The molecule has 0 atom stereocenters. The van der Waals surface area contributed by atoms with E-state index < -0.39 is 0 Å². The molecule has 3 heterocycles. The number of aromatic nitrogens is 4. The van der Waals surface area contributed by atoms with Gasteiger partial charge in [-0.05, 0) is 24.6 Å². The first-order chi connectivity index (χ1) is 14.5. The van der Waals surface area contributed by atoms with Crippen LogP contribution in [0.25, 0.3) is 0 Å². The summed E-state index contributed by atoms with van der Waals surface area (Å²) in [6.07, 6.45) is 5.71. The molecule has 0 radical (unpaired) electrons. The predicted octanol–water partition coefficient (Wildman–Crippen LogP) is 2.66. The van der Waals surface area contributed by atoms with Gasteiger partial charge in [-0.25, -0.2) is 9.37 Å². The molecule has 1 aromatic carbocycles. The number of hydrogen-bond donors (Lipinski definition) is 2. The highest BCUT2D eigenvalue weighted by Crippen LogP contribution is 2.32. The minimum absolute atomic E-state index is 0.260. The van der Waals surface area contributed by atoms with Crippen LogP contribution in [0.2, 0.25) is 0 Å². The van der Waals surface area contributed by atoms with Crippen LogP contribution in [0.5, 0.6) is 0 Å². The predicted molar refractivity (Wildman–Crippen MR) is 112 cm³/mol. The van der Waals surface area contributed by atoms with Gasteiger partial charge in [-0.1, -0.05) is 12.1 Å². The van der Waals surface area contributed by atoms with E-state index in [2.05, 4.69) is 36.7 Å². The first-order valence-electron chi connectivity index (χ1n) is 9.67. The number of nitriles is 1. The van der Waals surface area contributed by atoms with E-state index in [4.69, 9.17) is 0 Å². The lowest BCUT2D eigenvalue weighted by Crippen LogP contribution is -2.69. The van der Waals surface area contributed by atoms with Crippen molar-refractivity contribution in [3.05, 3.63) is 59.8 Å². The topological polar surface area (TPSA) is 94.7 Å². The summed E-state index contributed by atoms with van der Waals surface area (Å²) in [6, 6.07) is 8.77. The van der Waals surface area contributed by atoms with Gasteiger partial charge in [0.2, 0.25) is 5.95 Å². The van der Waals surface area contributed by atoms with E-state index >= 15 is 0 Å². The van der Waals surface area contributed by atoms with Crippen LogP contribution >= 0.6 is 0 Å². The zero-order valence-corrected chi connectivity index (χ0v) is 16.9. The van der Waals surface area contributed by atoms with Crippen molar-refractivity contribution in [3.63, 3.8) is 0 Å². The highest BCUT2D eigenvalue weighted by atomic mass is 19.1. The van der Waals surface area contributed by atoms with Crippen molar-refractivity contribution in [2.75, 3.05) is 23.3 Å². The second kappa shape index (κ2) is 8.08. The molecule has 1 saturated heterocycles. The highest BCUT2D eigenvalue weighted by molar-refractivity contribution is 5.57. The van der Waals surface area contributed by atoms with Crippen LogP contribution in [0.4, 0.5) is 21.8 Å². The zero-order valence-electron chi connectivity index (χ0n) is 16.9. The van der Waals surface area contributed by atoms with Crippen molar-refractivity contribution in [1.29, 1.82) is 5.26 Å². The Morgan fingerprint density at radius 3 is 2.83 bits per heavy atom. The second-order valence-electron chi connectivity index (χ2n) is 7.68. The van der Waals surface area contributed by atoms with Crippen LogP contribution in [0, 0.1) is 24.1 Å². The molecule has 0 unspecified atom stereocenters. The van der Waals surface area contributed by atoms with Gasteiger partial charge in [0.05, 0.1) is 29.9 Å². The van der Waals surface area contributed by atoms with Crippen LogP contribution in [-0.4, -0.2) is 38.4 Å².